The Morgan fingerprint density at radius 1 is 1.28 bits per heavy atom. The first-order valence-corrected chi connectivity index (χ1v) is 5.96. The maximum atomic E-state index is 5.75. The molecule has 0 aliphatic rings. The maximum absolute atomic E-state index is 5.75. The van der Waals surface area contributed by atoms with Crippen LogP contribution < -0.4 is 9.64 Å². The van der Waals surface area contributed by atoms with Crippen LogP contribution in [0.1, 0.15) is 11.4 Å². The zero-order valence-electron chi connectivity index (χ0n) is 11.3. The zero-order chi connectivity index (χ0) is 13.1. The summed E-state index contributed by atoms with van der Waals surface area (Å²) in [5, 5.41) is 4.36. The summed E-state index contributed by atoms with van der Waals surface area (Å²) in [6, 6.07) is 10.1. The molecule has 0 radical (unpaired) electrons. The molecule has 0 aliphatic heterocycles. The second-order valence-corrected chi connectivity index (χ2v) is 4.58. The molecule has 96 valence electrons. The van der Waals surface area contributed by atoms with E-state index in [1.165, 1.54) is 0 Å². The Morgan fingerprint density at radius 2 is 2.06 bits per heavy atom. The van der Waals surface area contributed by atoms with Gasteiger partial charge in [-0.05, 0) is 25.1 Å². The van der Waals surface area contributed by atoms with Crippen molar-refractivity contribution in [2.75, 3.05) is 19.0 Å². The van der Waals surface area contributed by atoms with Crippen LogP contribution in [0.2, 0.25) is 0 Å². The van der Waals surface area contributed by atoms with Crippen molar-refractivity contribution >= 4 is 5.69 Å². The van der Waals surface area contributed by atoms with Crippen LogP contribution in [0.5, 0.6) is 5.75 Å². The predicted octanol–water partition coefficient (Wildman–Crippen LogP) is 2.37. The fraction of sp³-hybridized carbons (Fsp3) is 0.357. The minimum Gasteiger partial charge on any atom is -0.487 e. The highest BCUT2D eigenvalue weighted by molar-refractivity contribution is 5.49. The molecule has 1 aromatic heterocycles. The zero-order valence-corrected chi connectivity index (χ0v) is 11.3. The minimum absolute atomic E-state index is 0.499. The average Bonchev–Trinajstić information content (AvgIpc) is 2.67. The van der Waals surface area contributed by atoms with Gasteiger partial charge in [-0.15, -0.1) is 0 Å². The topological polar surface area (TPSA) is 30.3 Å². The quantitative estimate of drug-likeness (QED) is 0.828. The van der Waals surface area contributed by atoms with Gasteiger partial charge in [0.1, 0.15) is 18.1 Å². The monoisotopic (exact) mass is 245 g/mol. The summed E-state index contributed by atoms with van der Waals surface area (Å²) >= 11 is 0. The van der Waals surface area contributed by atoms with Crippen LogP contribution in [0, 0.1) is 6.92 Å². The van der Waals surface area contributed by atoms with Crippen LogP contribution >= 0.6 is 0 Å². The lowest BCUT2D eigenvalue weighted by molar-refractivity contribution is 0.300. The maximum Gasteiger partial charge on any atom is 0.132 e. The van der Waals surface area contributed by atoms with Gasteiger partial charge in [0.15, 0.2) is 0 Å². The highest BCUT2D eigenvalue weighted by Crippen LogP contribution is 2.20. The Labute approximate surface area is 108 Å². The Morgan fingerprint density at radius 3 is 2.67 bits per heavy atom. The summed E-state index contributed by atoms with van der Waals surface area (Å²) in [4.78, 5) is 2.05. The lowest BCUT2D eigenvalue weighted by Crippen LogP contribution is -2.08. The summed E-state index contributed by atoms with van der Waals surface area (Å²) in [6.45, 7) is 2.53. The number of aryl methyl sites for hydroxylation is 2. The first kappa shape index (κ1) is 12.5. The third-order valence-electron chi connectivity index (χ3n) is 2.89. The molecule has 2 rings (SSSR count). The van der Waals surface area contributed by atoms with E-state index in [1.54, 1.807) is 0 Å². The van der Waals surface area contributed by atoms with Crippen LogP contribution in [0.4, 0.5) is 5.69 Å². The average molecular weight is 245 g/mol. The Hall–Kier alpha value is -1.97. The molecule has 1 aromatic carbocycles. The van der Waals surface area contributed by atoms with Crippen molar-refractivity contribution in [1.29, 1.82) is 0 Å². The van der Waals surface area contributed by atoms with E-state index in [2.05, 4.69) is 16.1 Å². The number of rotatable bonds is 4. The number of anilines is 1. The SMILES string of the molecule is Cc1cc(COc2cccc(N(C)C)c2)nn1C. The summed E-state index contributed by atoms with van der Waals surface area (Å²) in [7, 11) is 5.97. The largest absolute Gasteiger partial charge is 0.487 e. The van der Waals surface area contributed by atoms with Gasteiger partial charge in [0, 0.05) is 38.6 Å². The molecule has 1 heterocycles. The van der Waals surface area contributed by atoms with E-state index in [1.807, 2.05) is 57.0 Å². The van der Waals surface area contributed by atoms with Crippen LogP contribution in [0.3, 0.4) is 0 Å². The van der Waals surface area contributed by atoms with Crippen molar-refractivity contribution in [2.45, 2.75) is 13.5 Å². The number of benzene rings is 1. The molecule has 0 aliphatic carbocycles. The predicted molar refractivity (Wildman–Crippen MR) is 73.0 cm³/mol. The van der Waals surface area contributed by atoms with Crippen molar-refractivity contribution < 1.29 is 4.74 Å². The number of hydrogen-bond acceptors (Lipinski definition) is 3. The van der Waals surface area contributed by atoms with Gasteiger partial charge in [-0.1, -0.05) is 6.07 Å². The van der Waals surface area contributed by atoms with Crippen molar-refractivity contribution in [3.05, 3.63) is 41.7 Å². The van der Waals surface area contributed by atoms with E-state index >= 15 is 0 Å². The highest BCUT2D eigenvalue weighted by Gasteiger charge is 2.03. The standard InChI is InChI=1S/C14H19N3O/c1-11-8-12(15-17(11)4)10-18-14-7-5-6-13(9-14)16(2)3/h5-9H,10H2,1-4H3. The Kier molecular flexibility index (Phi) is 3.55. The van der Waals surface area contributed by atoms with Crippen molar-refractivity contribution in [2.24, 2.45) is 7.05 Å². The van der Waals surface area contributed by atoms with E-state index in [0.717, 1.165) is 22.8 Å². The smallest absolute Gasteiger partial charge is 0.132 e. The second-order valence-electron chi connectivity index (χ2n) is 4.58. The third-order valence-corrected chi connectivity index (χ3v) is 2.89. The van der Waals surface area contributed by atoms with E-state index in [0.29, 0.717) is 6.61 Å². The Bertz CT molecular complexity index is 512. The van der Waals surface area contributed by atoms with Crippen LogP contribution in [0.15, 0.2) is 30.3 Å². The molecule has 0 spiro atoms. The molecule has 0 unspecified atom stereocenters. The highest BCUT2D eigenvalue weighted by atomic mass is 16.5. The third kappa shape index (κ3) is 2.83. The number of hydrogen-bond donors (Lipinski definition) is 0. The Balaban J connectivity index is 2.03. The van der Waals surface area contributed by atoms with Gasteiger partial charge in [-0.2, -0.15) is 5.10 Å². The molecule has 4 heteroatoms. The van der Waals surface area contributed by atoms with Gasteiger partial charge < -0.3 is 9.64 Å². The number of ether oxygens (including phenoxy) is 1. The van der Waals surface area contributed by atoms with Crippen molar-refractivity contribution in [1.82, 2.24) is 9.78 Å². The van der Waals surface area contributed by atoms with Gasteiger partial charge in [0.05, 0.1) is 0 Å². The lowest BCUT2D eigenvalue weighted by Gasteiger charge is -2.13. The van der Waals surface area contributed by atoms with Crippen molar-refractivity contribution in [3.63, 3.8) is 0 Å². The molecule has 0 saturated carbocycles. The van der Waals surface area contributed by atoms with E-state index in [4.69, 9.17) is 4.74 Å². The fourth-order valence-corrected chi connectivity index (χ4v) is 1.71. The van der Waals surface area contributed by atoms with E-state index in [-0.39, 0.29) is 0 Å². The molecule has 0 N–H and O–H groups in total. The van der Waals surface area contributed by atoms with E-state index in [9.17, 15) is 0 Å². The first-order chi connectivity index (χ1) is 8.56. The van der Waals surface area contributed by atoms with Gasteiger partial charge in [-0.3, -0.25) is 4.68 Å². The molecule has 0 amide bonds. The van der Waals surface area contributed by atoms with Gasteiger partial charge in [0.25, 0.3) is 0 Å². The van der Waals surface area contributed by atoms with Gasteiger partial charge in [-0.25, -0.2) is 0 Å². The molecular weight excluding hydrogens is 226 g/mol. The van der Waals surface area contributed by atoms with E-state index < -0.39 is 0 Å². The lowest BCUT2D eigenvalue weighted by atomic mass is 10.3. The number of aromatic nitrogens is 2. The van der Waals surface area contributed by atoms with Crippen LogP contribution in [-0.2, 0) is 13.7 Å². The molecule has 0 fully saturated rings. The first-order valence-electron chi connectivity index (χ1n) is 5.96. The van der Waals surface area contributed by atoms with Crippen LogP contribution in [-0.4, -0.2) is 23.9 Å². The van der Waals surface area contributed by atoms with Crippen molar-refractivity contribution in [3.8, 4) is 5.75 Å². The van der Waals surface area contributed by atoms with Crippen LogP contribution in [0.25, 0.3) is 0 Å². The molecule has 0 atom stereocenters. The number of nitrogens with zero attached hydrogens (tertiary/aromatic N) is 3. The molecule has 4 nitrogen and oxygen atoms in total. The molecule has 18 heavy (non-hydrogen) atoms. The summed E-state index contributed by atoms with van der Waals surface area (Å²) in [5.41, 5.74) is 3.21. The summed E-state index contributed by atoms with van der Waals surface area (Å²) in [6.07, 6.45) is 0. The van der Waals surface area contributed by atoms with Gasteiger partial charge >= 0.3 is 0 Å². The molecular formula is C14H19N3O. The molecule has 2 aromatic rings. The second kappa shape index (κ2) is 5.12. The van der Waals surface area contributed by atoms with Gasteiger partial charge in [0.2, 0.25) is 0 Å². The summed E-state index contributed by atoms with van der Waals surface area (Å²) in [5.74, 6) is 0.865. The molecule has 0 saturated heterocycles. The fourth-order valence-electron chi connectivity index (χ4n) is 1.71. The summed E-state index contributed by atoms with van der Waals surface area (Å²) < 4.78 is 7.60. The normalized spacial score (nSPS) is 10.4. The molecule has 0 bridgehead atoms. The minimum atomic E-state index is 0.499.